The first kappa shape index (κ1) is 18.0. The predicted octanol–water partition coefficient (Wildman–Crippen LogP) is 5.21. The lowest BCUT2D eigenvalue weighted by Crippen LogP contribution is -2.15. The maximum absolute atomic E-state index is 2.44. The van der Waals surface area contributed by atoms with Gasteiger partial charge in [-0.3, -0.25) is 0 Å². The molecular weight excluding hydrogens is 218 g/mol. The number of nitrogens with zero attached hydrogens (tertiary/aromatic N) is 1. The van der Waals surface area contributed by atoms with E-state index in [0.29, 0.717) is 0 Å². The summed E-state index contributed by atoms with van der Waals surface area (Å²) in [6.45, 7) is 10.7. The molecule has 0 aromatic rings. The van der Waals surface area contributed by atoms with Crippen LogP contribution in [-0.4, -0.2) is 25.5 Å². The summed E-state index contributed by atoms with van der Waals surface area (Å²) >= 11 is 0. The second-order valence-electron chi connectivity index (χ2n) is 7.06. The van der Waals surface area contributed by atoms with Crippen LogP contribution in [0.1, 0.15) is 72.6 Å². The van der Waals surface area contributed by atoms with E-state index in [4.69, 9.17) is 0 Å². The standard InChI is InChI=1S/C17H37N/c1-15(2)9-7-10-16(3)11-8-12-17(4)13-14-18(5)6/h15-17H,7-14H2,1-6H3. The number of hydrogen-bond donors (Lipinski definition) is 0. The minimum Gasteiger partial charge on any atom is -0.309 e. The SMILES string of the molecule is CC(C)CCCC(C)CCCC(C)CCN(C)C. The van der Waals surface area contributed by atoms with Crippen molar-refractivity contribution in [3.8, 4) is 0 Å². The van der Waals surface area contributed by atoms with E-state index >= 15 is 0 Å². The fraction of sp³-hybridized carbons (Fsp3) is 1.00. The number of rotatable bonds is 11. The lowest BCUT2D eigenvalue weighted by Gasteiger charge is -2.16. The lowest BCUT2D eigenvalue weighted by molar-refractivity contribution is 0.337. The Morgan fingerprint density at radius 1 is 0.667 bits per heavy atom. The molecule has 0 aromatic heterocycles. The molecule has 0 N–H and O–H groups in total. The minimum absolute atomic E-state index is 0.878. The van der Waals surface area contributed by atoms with Crippen LogP contribution in [0.2, 0.25) is 0 Å². The molecule has 0 heterocycles. The zero-order valence-electron chi connectivity index (χ0n) is 13.8. The number of hydrogen-bond acceptors (Lipinski definition) is 1. The molecule has 1 nitrogen and oxygen atoms in total. The molecule has 0 aromatic carbocycles. The highest BCUT2D eigenvalue weighted by Crippen LogP contribution is 2.20. The molecule has 0 saturated heterocycles. The third-order valence-electron chi connectivity index (χ3n) is 3.94. The first-order valence-corrected chi connectivity index (χ1v) is 8.06. The summed E-state index contributed by atoms with van der Waals surface area (Å²) in [4.78, 5) is 2.30. The van der Waals surface area contributed by atoms with E-state index in [-0.39, 0.29) is 0 Å². The van der Waals surface area contributed by atoms with E-state index in [1.54, 1.807) is 0 Å². The van der Waals surface area contributed by atoms with Crippen LogP contribution in [-0.2, 0) is 0 Å². The highest BCUT2D eigenvalue weighted by Gasteiger charge is 2.06. The molecule has 0 aliphatic rings. The van der Waals surface area contributed by atoms with Crippen LogP contribution >= 0.6 is 0 Å². The smallest absolute Gasteiger partial charge is 0.00223 e. The van der Waals surface area contributed by atoms with Gasteiger partial charge in [-0.2, -0.15) is 0 Å². The van der Waals surface area contributed by atoms with Crippen molar-refractivity contribution >= 4 is 0 Å². The molecule has 110 valence electrons. The molecule has 0 saturated carbocycles. The van der Waals surface area contributed by atoms with Crippen LogP contribution in [0.4, 0.5) is 0 Å². The predicted molar refractivity (Wildman–Crippen MR) is 84.0 cm³/mol. The molecule has 2 unspecified atom stereocenters. The Balaban J connectivity index is 3.40. The van der Waals surface area contributed by atoms with Crippen molar-refractivity contribution in [3.63, 3.8) is 0 Å². The van der Waals surface area contributed by atoms with Gasteiger partial charge in [0, 0.05) is 0 Å². The summed E-state index contributed by atoms with van der Waals surface area (Å²) in [5.74, 6) is 2.71. The first-order chi connectivity index (χ1) is 8.41. The second kappa shape index (κ2) is 10.8. The van der Waals surface area contributed by atoms with Crippen LogP contribution in [0.15, 0.2) is 0 Å². The Hall–Kier alpha value is -0.0400. The molecular formula is C17H37N. The minimum atomic E-state index is 0.878. The monoisotopic (exact) mass is 255 g/mol. The van der Waals surface area contributed by atoms with Crippen LogP contribution < -0.4 is 0 Å². The van der Waals surface area contributed by atoms with Crippen molar-refractivity contribution in [2.75, 3.05) is 20.6 Å². The van der Waals surface area contributed by atoms with Gasteiger partial charge in [-0.15, -0.1) is 0 Å². The molecule has 1 heteroatoms. The second-order valence-corrected chi connectivity index (χ2v) is 7.06. The van der Waals surface area contributed by atoms with Crippen LogP contribution in [0.25, 0.3) is 0 Å². The Morgan fingerprint density at radius 2 is 1.11 bits per heavy atom. The third-order valence-corrected chi connectivity index (χ3v) is 3.94. The average molecular weight is 255 g/mol. The lowest BCUT2D eigenvalue weighted by atomic mass is 9.92. The van der Waals surface area contributed by atoms with Crippen molar-refractivity contribution in [3.05, 3.63) is 0 Å². The Labute approximate surface area is 116 Å². The van der Waals surface area contributed by atoms with Gasteiger partial charge in [-0.05, 0) is 44.8 Å². The van der Waals surface area contributed by atoms with Gasteiger partial charge < -0.3 is 4.90 Å². The van der Waals surface area contributed by atoms with Gasteiger partial charge in [0.25, 0.3) is 0 Å². The van der Waals surface area contributed by atoms with Crippen LogP contribution in [0.3, 0.4) is 0 Å². The van der Waals surface area contributed by atoms with Gasteiger partial charge in [0.2, 0.25) is 0 Å². The highest BCUT2D eigenvalue weighted by molar-refractivity contribution is 4.60. The van der Waals surface area contributed by atoms with Crippen molar-refractivity contribution in [1.82, 2.24) is 4.90 Å². The largest absolute Gasteiger partial charge is 0.309 e. The van der Waals surface area contributed by atoms with Gasteiger partial charge in [0.15, 0.2) is 0 Å². The molecule has 0 bridgehead atoms. The average Bonchev–Trinajstić information content (AvgIpc) is 2.25. The summed E-state index contributed by atoms with van der Waals surface area (Å²) in [5.41, 5.74) is 0. The molecule has 0 aliphatic heterocycles. The van der Waals surface area contributed by atoms with Crippen LogP contribution in [0.5, 0.6) is 0 Å². The van der Waals surface area contributed by atoms with Crippen molar-refractivity contribution in [1.29, 1.82) is 0 Å². The third kappa shape index (κ3) is 12.4. The Kier molecular flexibility index (Phi) is 10.8. The fourth-order valence-electron chi connectivity index (χ4n) is 2.46. The van der Waals surface area contributed by atoms with Gasteiger partial charge in [0.1, 0.15) is 0 Å². The first-order valence-electron chi connectivity index (χ1n) is 8.06. The molecule has 0 amide bonds. The van der Waals surface area contributed by atoms with E-state index in [1.807, 2.05) is 0 Å². The van der Waals surface area contributed by atoms with E-state index in [9.17, 15) is 0 Å². The van der Waals surface area contributed by atoms with Crippen LogP contribution in [0, 0.1) is 17.8 Å². The van der Waals surface area contributed by atoms with Gasteiger partial charge in [-0.25, -0.2) is 0 Å². The molecule has 0 spiro atoms. The van der Waals surface area contributed by atoms with E-state index in [0.717, 1.165) is 17.8 Å². The normalized spacial score (nSPS) is 15.3. The van der Waals surface area contributed by atoms with E-state index in [2.05, 4.69) is 46.7 Å². The van der Waals surface area contributed by atoms with Crippen molar-refractivity contribution in [2.45, 2.75) is 72.6 Å². The molecule has 2 atom stereocenters. The molecule has 0 aliphatic carbocycles. The Bertz CT molecular complexity index is 174. The van der Waals surface area contributed by atoms with Crippen molar-refractivity contribution in [2.24, 2.45) is 17.8 Å². The summed E-state index contributed by atoms with van der Waals surface area (Å²) in [5, 5.41) is 0. The van der Waals surface area contributed by atoms with Gasteiger partial charge >= 0.3 is 0 Å². The highest BCUT2D eigenvalue weighted by atomic mass is 15.0. The maximum Gasteiger partial charge on any atom is -0.00223 e. The molecule has 18 heavy (non-hydrogen) atoms. The van der Waals surface area contributed by atoms with Gasteiger partial charge in [0.05, 0.1) is 0 Å². The summed E-state index contributed by atoms with van der Waals surface area (Å²) < 4.78 is 0. The van der Waals surface area contributed by atoms with E-state index in [1.165, 1.54) is 51.5 Å². The summed E-state index contributed by atoms with van der Waals surface area (Å²) in [7, 11) is 4.34. The molecule has 0 rings (SSSR count). The molecule has 0 fully saturated rings. The summed E-state index contributed by atoms with van der Waals surface area (Å²) in [6.07, 6.45) is 9.90. The van der Waals surface area contributed by atoms with Gasteiger partial charge in [-0.1, -0.05) is 66.2 Å². The quantitative estimate of drug-likeness (QED) is 0.490. The Morgan fingerprint density at radius 3 is 1.56 bits per heavy atom. The topological polar surface area (TPSA) is 3.24 Å². The van der Waals surface area contributed by atoms with Crippen molar-refractivity contribution < 1.29 is 0 Å². The maximum atomic E-state index is 2.44. The summed E-state index contributed by atoms with van der Waals surface area (Å²) in [6, 6.07) is 0. The zero-order valence-corrected chi connectivity index (χ0v) is 13.8. The zero-order chi connectivity index (χ0) is 14.0. The van der Waals surface area contributed by atoms with E-state index < -0.39 is 0 Å². The fourth-order valence-corrected chi connectivity index (χ4v) is 2.46. The molecule has 0 radical (unpaired) electrons.